The highest BCUT2D eigenvalue weighted by Gasteiger charge is 2.42. The highest BCUT2D eigenvalue weighted by atomic mass is 35.5. The molecule has 3 heteroatoms. The first kappa shape index (κ1) is 10.7. The highest BCUT2D eigenvalue weighted by Crippen LogP contribution is 2.48. The van der Waals surface area contributed by atoms with E-state index < -0.39 is 0 Å². The van der Waals surface area contributed by atoms with E-state index in [4.69, 9.17) is 11.6 Å². The Morgan fingerprint density at radius 3 is 2.67 bits per heavy atom. The van der Waals surface area contributed by atoms with E-state index in [-0.39, 0.29) is 0 Å². The Hall–Kier alpha value is -0.760. The molecular weight excluding hydrogens is 208 g/mol. The van der Waals surface area contributed by atoms with Crippen molar-refractivity contribution in [2.24, 2.45) is 5.41 Å². The summed E-state index contributed by atoms with van der Waals surface area (Å²) in [5.41, 5.74) is 2.55. The monoisotopic (exact) mass is 224 g/mol. The SMILES string of the molecule is Cc1nc(Cl)ccc1NC(C)C1(C)CC1. The van der Waals surface area contributed by atoms with E-state index in [1.54, 1.807) is 0 Å². The molecule has 1 aromatic rings. The summed E-state index contributed by atoms with van der Waals surface area (Å²) in [6.07, 6.45) is 2.64. The fraction of sp³-hybridized carbons (Fsp3) is 0.583. The normalized spacial score (nSPS) is 19.7. The van der Waals surface area contributed by atoms with Crippen LogP contribution in [0.3, 0.4) is 0 Å². The molecule has 0 radical (unpaired) electrons. The van der Waals surface area contributed by atoms with Crippen LogP contribution in [0.25, 0.3) is 0 Å². The molecule has 1 heterocycles. The third-order valence-electron chi connectivity index (χ3n) is 3.51. The van der Waals surface area contributed by atoms with Crippen LogP contribution in [0.15, 0.2) is 12.1 Å². The molecule has 82 valence electrons. The summed E-state index contributed by atoms with van der Waals surface area (Å²) in [5.74, 6) is 0. The molecule has 1 aliphatic rings. The second-order valence-corrected chi connectivity index (χ2v) is 5.17. The number of hydrogen-bond acceptors (Lipinski definition) is 2. The highest BCUT2D eigenvalue weighted by molar-refractivity contribution is 6.29. The number of aromatic nitrogens is 1. The molecule has 1 aromatic heterocycles. The van der Waals surface area contributed by atoms with Gasteiger partial charge in [-0.1, -0.05) is 18.5 Å². The molecule has 0 spiro atoms. The quantitative estimate of drug-likeness (QED) is 0.793. The second-order valence-electron chi connectivity index (χ2n) is 4.79. The molecule has 0 saturated heterocycles. The third kappa shape index (κ3) is 2.25. The first-order chi connectivity index (χ1) is 7.01. The summed E-state index contributed by atoms with van der Waals surface area (Å²) in [7, 11) is 0. The van der Waals surface area contributed by atoms with Crippen LogP contribution in [0.1, 0.15) is 32.4 Å². The van der Waals surface area contributed by atoms with Gasteiger partial charge in [0.15, 0.2) is 0 Å². The predicted octanol–water partition coefficient (Wildman–Crippen LogP) is 3.64. The van der Waals surface area contributed by atoms with Gasteiger partial charge in [0.25, 0.3) is 0 Å². The minimum atomic E-state index is 0.478. The van der Waals surface area contributed by atoms with Crippen LogP contribution >= 0.6 is 11.6 Å². The minimum absolute atomic E-state index is 0.478. The molecule has 1 unspecified atom stereocenters. The molecule has 1 saturated carbocycles. The second kappa shape index (κ2) is 3.67. The van der Waals surface area contributed by atoms with Crippen LogP contribution in [0.2, 0.25) is 5.15 Å². The molecule has 15 heavy (non-hydrogen) atoms. The first-order valence-electron chi connectivity index (χ1n) is 5.41. The van der Waals surface area contributed by atoms with Crippen molar-refractivity contribution < 1.29 is 0 Å². The lowest BCUT2D eigenvalue weighted by atomic mass is 10.0. The Morgan fingerprint density at radius 1 is 1.47 bits per heavy atom. The van der Waals surface area contributed by atoms with Crippen molar-refractivity contribution >= 4 is 17.3 Å². The number of halogens is 1. The van der Waals surface area contributed by atoms with Crippen LogP contribution < -0.4 is 5.32 Å². The first-order valence-corrected chi connectivity index (χ1v) is 5.79. The standard InChI is InChI=1S/C12H17ClN2/c1-8-10(4-5-11(13)14-8)15-9(2)12(3)6-7-12/h4-5,9,15H,6-7H2,1-3H3. The van der Waals surface area contributed by atoms with Gasteiger partial charge in [0.05, 0.1) is 11.4 Å². The van der Waals surface area contributed by atoms with Gasteiger partial charge in [-0.05, 0) is 44.2 Å². The van der Waals surface area contributed by atoms with Crippen molar-refractivity contribution in [2.45, 2.75) is 39.7 Å². The van der Waals surface area contributed by atoms with Gasteiger partial charge in [-0.15, -0.1) is 0 Å². The zero-order valence-corrected chi connectivity index (χ0v) is 10.2. The molecule has 1 N–H and O–H groups in total. The average Bonchev–Trinajstić information content (AvgIpc) is 2.90. The lowest BCUT2D eigenvalue weighted by Gasteiger charge is -2.22. The van der Waals surface area contributed by atoms with E-state index in [0.717, 1.165) is 11.4 Å². The zero-order valence-electron chi connectivity index (χ0n) is 9.47. The van der Waals surface area contributed by atoms with E-state index in [9.17, 15) is 0 Å². The van der Waals surface area contributed by atoms with Crippen molar-refractivity contribution in [3.63, 3.8) is 0 Å². The molecule has 1 aliphatic carbocycles. The number of anilines is 1. The molecule has 1 fully saturated rings. The molecule has 0 aliphatic heterocycles. The molecular formula is C12H17ClN2. The summed E-state index contributed by atoms with van der Waals surface area (Å²) >= 11 is 5.82. The molecule has 0 aromatic carbocycles. The molecule has 2 rings (SSSR count). The Balaban J connectivity index is 2.10. The van der Waals surface area contributed by atoms with Gasteiger partial charge >= 0.3 is 0 Å². The summed E-state index contributed by atoms with van der Waals surface area (Å²) in [5, 5.41) is 4.08. The number of hydrogen-bond donors (Lipinski definition) is 1. The fourth-order valence-electron chi connectivity index (χ4n) is 1.72. The van der Waals surface area contributed by atoms with Crippen LogP contribution in [0.5, 0.6) is 0 Å². The number of rotatable bonds is 3. The fourth-order valence-corrected chi connectivity index (χ4v) is 1.91. The molecule has 0 bridgehead atoms. The van der Waals surface area contributed by atoms with Gasteiger partial charge in [-0.25, -0.2) is 4.98 Å². The molecule has 1 atom stereocenters. The van der Waals surface area contributed by atoms with Gasteiger partial charge in [-0.3, -0.25) is 0 Å². The Morgan fingerprint density at radius 2 is 2.13 bits per heavy atom. The van der Waals surface area contributed by atoms with Crippen molar-refractivity contribution in [1.29, 1.82) is 0 Å². The third-order valence-corrected chi connectivity index (χ3v) is 3.72. The van der Waals surface area contributed by atoms with E-state index in [0.29, 0.717) is 16.6 Å². The van der Waals surface area contributed by atoms with Gasteiger partial charge < -0.3 is 5.32 Å². The van der Waals surface area contributed by atoms with E-state index in [1.807, 2.05) is 19.1 Å². The average molecular weight is 225 g/mol. The largest absolute Gasteiger partial charge is 0.381 e. The summed E-state index contributed by atoms with van der Waals surface area (Å²) < 4.78 is 0. The Labute approximate surface area is 96.1 Å². The van der Waals surface area contributed by atoms with E-state index in [2.05, 4.69) is 24.1 Å². The van der Waals surface area contributed by atoms with Gasteiger partial charge in [0.1, 0.15) is 5.15 Å². The number of nitrogens with one attached hydrogen (secondary N) is 1. The van der Waals surface area contributed by atoms with Crippen molar-refractivity contribution in [2.75, 3.05) is 5.32 Å². The maximum atomic E-state index is 5.82. The van der Waals surface area contributed by atoms with Crippen LogP contribution in [0, 0.1) is 12.3 Å². The van der Waals surface area contributed by atoms with Crippen molar-refractivity contribution in [3.05, 3.63) is 23.0 Å². The number of pyridine rings is 1. The smallest absolute Gasteiger partial charge is 0.129 e. The molecule has 0 amide bonds. The van der Waals surface area contributed by atoms with Crippen molar-refractivity contribution in [3.8, 4) is 0 Å². The van der Waals surface area contributed by atoms with E-state index >= 15 is 0 Å². The van der Waals surface area contributed by atoms with Gasteiger partial charge in [-0.2, -0.15) is 0 Å². The predicted molar refractivity (Wildman–Crippen MR) is 64.4 cm³/mol. The van der Waals surface area contributed by atoms with Gasteiger partial charge in [0, 0.05) is 6.04 Å². The summed E-state index contributed by atoms with van der Waals surface area (Å²) in [4.78, 5) is 4.23. The number of aryl methyl sites for hydroxylation is 1. The summed E-state index contributed by atoms with van der Waals surface area (Å²) in [6.45, 7) is 6.54. The summed E-state index contributed by atoms with van der Waals surface area (Å²) in [6, 6.07) is 4.34. The van der Waals surface area contributed by atoms with Crippen LogP contribution in [-0.4, -0.2) is 11.0 Å². The zero-order chi connectivity index (χ0) is 11.1. The lowest BCUT2D eigenvalue weighted by molar-refractivity contribution is 0.493. The van der Waals surface area contributed by atoms with Crippen LogP contribution in [-0.2, 0) is 0 Å². The Kier molecular flexibility index (Phi) is 2.63. The molecule has 2 nitrogen and oxygen atoms in total. The lowest BCUT2D eigenvalue weighted by Crippen LogP contribution is -2.25. The van der Waals surface area contributed by atoms with Crippen molar-refractivity contribution in [1.82, 2.24) is 4.98 Å². The maximum Gasteiger partial charge on any atom is 0.129 e. The topological polar surface area (TPSA) is 24.9 Å². The number of nitrogens with zero attached hydrogens (tertiary/aromatic N) is 1. The Bertz CT molecular complexity index is 372. The minimum Gasteiger partial charge on any atom is -0.381 e. The van der Waals surface area contributed by atoms with E-state index in [1.165, 1.54) is 12.8 Å². The maximum absolute atomic E-state index is 5.82. The van der Waals surface area contributed by atoms with Crippen LogP contribution in [0.4, 0.5) is 5.69 Å². The van der Waals surface area contributed by atoms with Gasteiger partial charge in [0.2, 0.25) is 0 Å².